The fourth-order valence-electron chi connectivity index (χ4n) is 1.74. The summed E-state index contributed by atoms with van der Waals surface area (Å²) in [6, 6.07) is 10.3. The van der Waals surface area contributed by atoms with Crippen LogP contribution in [0.2, 0.25) is 0 Å². The Kier molecular flexibility index (Phi) is 5.26. The molecule has 0 bridgehead atoms. The van der Waals surface area contributed by atoms with Crippen LogP contribution >= 0.6 is 27.5 Å². The van der Waals surface area contributed by atoms with Crippen molar-refractivity contribution in [3.63, 3.8) is 0 Å². The van der Waals surface area contributed by atoms with E-state index in [2.05, 4.69) is 15.9 Å². The third kappa shape index (κ3) is 3.44. The van der Waals surface area contributed by atoms with E-state index in [0.717, 1.165) is 16.9 Å². The summed E-state index contributed by atoms with van der Waals surface area (Å²) in [6.45, 7) is 0.258. The van der Waals surface area contributed by atoms with Crippen molar-refractivity contribution in [1.29, 1.82) is 0 Å². The molecule has 0 saturated heterocycles. The van der Waals surface area contributed by atoms with Gasteiger partial charge in [0, 0.05) is 11.1 Å². The monoisotopic (exact) mass is 358 g/mol. The number of rotatable bonds is 5. The molecule has 2 rings (SSSR count). The molecule has 106 valence electrons. The van der Waals surface area contributed by atoms with Gasteiger partial charge in [-0.05, 0) is 40.2 Å². The normalized spacial score (nSPS) is 10.4. The summed E-state index contributed by atoms with van der Waals surface area (Å²) < 4.78 is 24.7. The summed E-state index contributed by atoms with van der Waals surface area (Å²) >= 11 is 9.11. The smallest absolute Gasteiger partial charge is 0.137 e. The highest BCUT2D eigenvalue weighted by Crippen LogP contribution is 2.28. The SMILES string of the molecule is COc1ccc(OCc2cccc(F)c2Br)c(CCl)c1. The number of alkyl halides is 1. The zero-order chi connectivity index (χ0) is 14.5. The van der Waals surface area contributed by atoms with Crippen LogP contribution in [0.25, 0.3) is 0 Å². The van der Waals surface area contributed by atoms with Crippen LogP contribution in [0.3, 0.4) is 0 Å². The van der Waals surface area contributed by atoms with E-state index in [1.807, 2.05) is 6.07 Å². The quantitative estimate of drug-likeness (QED) is 0.706. The van der Waals surface area contributed by atoms with Crippen molar-refractivity contribution < 1.29 is 13.9 Å². The van der Waals surface area contributed by atoms with Gasteiger partial charge in [0.15, 0.2) is 0 Å². The van der Waals surface area contributed by atoms with Crippen LogP contribution in [-0.2, 0) is 12.5 Å². The van der Waals surface area contributed by atoms with Gasteiger partial charge in [-0.3, -0.25) is 0 Å². The molecule has 0 aliphatic rings. The zero-order valence-electron chi connectivity index (χ0n) is 10.8. The van der Waals surface area contributed by atoms with Gasteiger partial charge < -0.3 is 9.47 Å². The van der Waals surface area contributed by atoms with Crippen LogP contribution in [0.1, 0.15) is 11.1 Å². The van der Waals surface area contributed by atoms with Crippen molar-refractivity contribution in [2.45, 2.75) is 12.5 Å². The molecule has 0 radical (unpaired) electrons. The first-order valence-corrected chi connectivity index (χ1v) is 7.27. The maximum atomic E-state index is 13.4. The molecule has 20 heavy (non-hydrogen) atoms. The number of hydrogen-bond donors (Lipinski definition) is 0. The molecule has 0 spiro atoms. The van der Waals surface area contributed by atoms with Gasteiger partial charge in [-0.1, -0.05) is 12.1 Å². The van der Waals surface area contributed by atoms with Crippen molar-refractivity contribution in [3.05, 3.63) is 57.8 Å². The minimum absolute atomic E-state index is 0.258. The topological polar surface area (TPSA) is 18.5 Å². The first-order chi connectivity index (χ1) is 9.65. The van der Waals surface area contributed by atoms with E-state index in [-0.39, 0.29) is 12.4 Å². The Morgan fingerprint density at radius 2 is 2.00 bits per heavy atom. The molecule has 0 atom stereocenters. The largest absolute Gasteiger partial charge is 0.497 e. The second-order valence-electron chi connectivity index (χ2n) is 4.11. The minimum Gasteiger partial charge on any atom is -0.497 e. The first kappa shape index (κ1) is 15.1. The molecule has 2 aromatic rings. The van der Waals surface area contributed by atoms with Crippen LogP contribution in [0.15, 0.2) is 40.9 Å². The van der Waals surface area contributed by atoms with Crippen LogP contribution in [0.5, 0.6) is 11.5 Å². The molecular weight excluding hydrogens is 347 g/mol. The Bertz CT molecular complexity index is 604. The van der Waals surface area contributed by atoms with Gasteiger partial charge in [0.05, 0.1) is 17.5 Å². The van der Waals surface area contributed by atoms with Crippen LogP contribution < -0.4 is 9.47 Å². The van der Waals surface area contributed by atoms with Crippen molar-refractivity contribution in [3.8, 4) is 11.5 Å². The van der Waals surface area contributed by atoms with Crippen molar-refractivity contribution in [2.24, 2.45) is 0 Å². The number of methoxy groups -OCH3 is 1. The van der Waals surface area contributed by atoms with E-state index < -0.39 is 0 Å². The second kappa shape index (κ2) is 6.95. The van der Waals surface area contributed by atoms with E-state index in [4.69, 9.17) is 21.1 Å². The van der Waals surface area contributed by atoms with Gasteiger partial charge in [-0.25, -0.2) is 4.39 Å². The van der Waals surface area contributed by atoms with Gasteiger partial charge >= 0.3 is 0 Å². The second-order valence-corrected chi connectivity index (χ2v) is 5.17. The molecule has 0 heterocycles. The predicted molar refractivity (Wildman–Crippen MR) is 81.0 cm³/mol. The average molecular weight is 360 g/mol. The van der Waals surface area contributed by atoms with Crippen LogP contribution in [0, 0.1) is 5.82 Å². The summed E-state index contributed by atoms with van der Waals surface area (Å²) in [5.74, 6) is 1.40. The molecule has 0 saturated carbocycles. The number of benzene rings is 2. The van der Waals surface area contributed by atoms with E-state index in [1.165, 1.54) is 6.07 Å². The van der Waals surface area contributed by atoms with E-state index in [9.17, 15) is 4.39 Å². The lowest BCUT2D eigenvalue weighted by molar-refractivity contribution is 0.301. The summed E-state index contributed by atoms with van der Waals surface area (Å²) in [4.78, 5) is 0. The van der Waals surface area contributed by atoms with Crippen molar-refractivity contribution in [2.75, 3.05) is 7.11 Å². The summed E-state index contributed by atoms with van der Waals surface area (Å²) in [5, 5.41) is 0. The minimum atomic E-state index is -0.307. The van der Waals surface area contributed by atoms with Crippen LogP contribution in [-0.4, -0.2) is 7.11 Å². The molecule has 0 amide bonds. The Balaban J connectivity index is 2.16. The first-order valence-electron chi connectivity index (χ1n) is 5.94. The highest BCUT2D eigenvalue weighted by Gasteiger charge is 2.08. The summed E-state index contributed by atoms with van der Waals surface area (Å²) in [6.07, 6.45) is 0. The Labute approximate surface area is 130 Å². The molecule has 5 heteroatoms. The van der Waals surface area contributed by atoms with Gasteiger partial charge in [0.1, 0.15) is 23.9 Å². The predicted octanol–water partition coefficient (Wildman–Crippen LogP) is 4.91. The molecular formula is C15H13BrClFO2. The lowest BCUT2D eigenvalue weighted by Gasteiger charge is -2.12. The fourth-order valence-corrected chi connectivity index (χ4v) is 2.33. The Hall–Kier alpha value is -1.26. The lowest BCUT2D eigenvalue weighted by Crippen LogP contribution is -2.00. The van der Waals surface area contributed by atoms with E-state index in [1.54, 1.807) is 31.4 Å². The standard InChI is InChI=1S/C15H13BrClFO2/c1-19-12-5-6-14(11(7-12)8-17)20-9-10-3-2-4-13(18)15(10)16/h2-7H,8-9H2,1H3. The summed E-state index contributed by atoms with van der Waals surface area (Å²) in [7, 11) is 1.59. The molecule has 0 N–H and O–H groups in total. The molecule has 2 aromatic carbocycles. The fraction of sp³-hybridized carbons (Fsp3) is 0.200. The van der Waals surface area contributed by atoms with Crippen molar-refractivity contribution in [1.82, 2.24) is 0 Å². The third-order valence-corrected chi connectivity index (χ3v) is 4.00. The highest BCUT2D eigenvalue weighted by atomic mass is 79.9. The van der Waals surface area contributed by atoms with Gasteiger partial charge in [-0.2, -0.15) is 0 Å². The maximum absolute atomic E-state index is 13.4. The Morgan fingerprint density at radius 3 is 2.70 bits per heavy atom. The van der Waals surface area contributed by atoms with Gasteiger partial charge in [-0.15, -0.1) is 11.6 Å². The molecule has 0 unspecified atom stereocenters. The van der Waals surface area contributed by atoms with E-state index >= 15 is 0 Å². The maximum Gasteiger partial charge on any atom is 0.137 e. The molecule has 2 nitrogen and oxygen atoms in total. The Morgan fingerprint density at radius 1 is 1.20 bits per heavy atom. The van der Waals surface area contributed by atoms with E-state index in [0.29, 0.717) is 16.1 Å². The zero-order valence-corrected chi connectivity index (χ0v) is 13.2. The third-order valence-electron chi connectivity index (χ3n) is 2.83. The molecule has 0 aliphatic carbocycles. The highest BCUT2D eigenvalue weighted by molar-refractivity contribution is 9.10. The number of ether oxygens (including phenoxy) is 2. The summed E-state index contributed by atoms with van der Waals surface area (Å²) in [5.41, 5.74) is 1.57. The van der Waals surface area contributed by atoms with Gasteiger partial charge in [0.25, 0.3) is 0 Å². The van der Waals surface area contributed by atoms with Crippen molar-refractivity contribution >= 4 is 27.5 Å². The average Bonchev–Trinajstić information content (AvgIpc) is 2.48. The molecule has 0 aliphatic heterocycles. The van der Waals surface area contributed by atoms with Gasteiger partial charge in [0.2, 0.25) is 0 Å². The number of hydrogen-bond acceptors (Lipinski definition) is 2. The molecule has 0 aromatic heterocycles. The van der Waals surface area contributed by atoms with Crippen LogP contribution in [0.4, 0.5) is 4.39 Å². The lowest BCUT2D eigenvalue weighted by atomic mass is 10.2. The number of halogens is 3. The molecule has 0 fully saturated rings.